The minimum atomic E-state index is -4.73. The number of nitrogens with one attached hydrogen (secondary N) is 3. The monoisotopic (exact) mass is 445 g/mol. The van der Waals surface area contributed by atoms with Crippen molar-refractivity contribution in [3.63, 3.8) is 0 Å². The third kappa shape index (κ3) is 5.10. The molecule has 32 heavy (non-hydrogen) atoms. The molecule has 0 radical (unpaired) electrons. The van der Waals surface area contributed by atoms with E-state index in [2.05, 4.69) is 32.5 Å². The van der Waals surface area contributed by atoms with Gasteiger partial charge in [0.1, 0.15) is 5.75 Å². The summed E-state index contributed by atoms with van der Waals surface area (Å²) in [7, 11) is 1.96. The average molecular weight is 446 g/mol. The second kappa shape index (κ2) is 9.55. The number of hydrogen-bond donors (Lipinski definition) is 3. The number of aromatic nitrogens is 1. The number of para-hydroxylation sites is 1. The average Bonchev–Trinajstić information content (AvgIpc) is 3.09. The van der Waals surface area contributed by atoms with Gasteiger partial charge in [0, 0.05) is 35.6 Å². The number of fused-ring (bicyclic) bond motifs is 1. The number of likely N-dealkylation sites (N-methyl/N-ethyl adjacent to an activating group) is 1. The van der Waals surface area contributed by atoms with E-state index >= 15 is 0 Å². The maximum atomic E-state index is 12.9. The highest BCUT2D eigenvalue weighted by atomic mass is 19.4. The number of aromatic amines is 1. The first-order valence-electron chi connectivity index (χ1n) is 11.2. The summed E-state index contributed by atoms with van der Waals surface area (Å²) >= 11 is 0. The van der Waals surface area contributed by atoms with E-state index in [0.29, 0.717) is 23.2 Å². The molecule has 172 valence electrons. The third-order valence-electron chi connectivity index (χ3n) is 6.47. The lowest BCUT2D eigenvalue weighted by atomic mass is 9.81. The third-order valence-corrected chi connectivity index (χ3v) is 6.47. The molecule has 1 aliphatic rings. The summed E-state index contributed by atoms with van der Waals surface area (Å²) in [6, 6.07) is 13.3. The molecule has 1 aliphatic carbocycles. The van der Waals surface area contributed by atoms with Crippen molar-refractivity contribution >= 4 is 10.9 Å². The highest BCUT2D eigenvalue weighted by Crippen LogP contribution is 2.39. The lowest BCUT2D eigenvalue weighted by Crippen LogP contribution is -2.36. The summed E-state index contributed by atoms with van der Waals surface area (Å²) < 4.78 is 42.9. The van der Waals surface area contributed by atoms with Gasteiger partial charge in [0.25, 0.3) is 0 Å². The quantitative estimate of drug-likeness (QED) is 0.398. The number of benzene rings is 2. The lowest BCUT2D eigenvalue weighted by Gasteiger charge is -2.29. The predicted octanol–water partition coefficient (Wildman–Crippen LogP) is 5.88. The highest BCUT2D eigenvalue weighted by molar-refractivity contribution is 5.92. The van der Waals surface area contributed by atoms with Crippen molar-refractivity contribution in [2.45, 2.75) is 50.9 Å². The molecule has 4 rings (SSSR count). The van der Waals surface area contributed by atoms with Gasteiger partial charge in [-0.3, -0.25) is 0 Å². The van der Waals surface area contributed by atoms with Crippen LogP contribution in [0.4, 0.5) is 13.2 Å². The van der Waals surface area contributed by atoms with Crippen LogP contribution in [0.25, 0.3) is 22.2 Å². The molecule has 1 heterocycles. The minimum absolute atomic E-state index is 0.195. The van der Waals surface area contributed by atoms with Crippen molar-refractivity contribution in [1.82, 2.24) is 15.6 Å². The summed E-state index contributed by atoms with van der Waals surface area (Å²) in [6.07, 6.45) is -0.134. The summed E-state index contributed by atoms with van der Waals surface area (Å²) in [5.41, 5.74) is 4.23. The van der Waals surface area contributed by atoms with Crippen LogP contribution in [0.1, 0.15) is 42.7 Å². The van der Waals surface area contributed by atoms with Crippen molar-refractivity contribution in [2.75, 3.05) is 20.1 Å². The number of alkyl halides is 3. The van der Waals surface area contributed by atoms with Gasteiger partial charge in [-0.15, -0.1) is 13.2 Å². The molecule has 7 heteroatoms. The number of rotatable bonds is 7. The van der Waals surface area contributed by atoms with Gasteiger partial charge >= 0.3 is 6.36 Å². The Hall–Kier alpha value is -2.51. The van der Waals surface area contributed by atoms with Gasteiger partial charge in [-0.05, 0) is 81.0 Å². The molecule has 0 bridgehead atoms. The van der Waals surface area contributed by atoms with Crippen molar-refractivity contribution in [3.8, 4) is 17.0 Å². The molecular formula is C25H30F3N3O. The van der Waals surface area contributed by atoms with Crippen LogP contribution in [0, 0.1) is 6.92 Å². The smallest absolute Gasteiger partial charge is 0.405 e. The minimum Gasteiger partial charge on any atom is -0.405 e. The molecule has 1 aromatic heterocycles. The molecule has 2 aromatic carbocycles. The normalized spacial score (nSPS) is 19.4. The van der Waals surface area contributed by atoms with Crippen molar-refractivity contribution in [1.29, 1.82) is 0 Å². The SMILES string of the molecule is CNCCNC1CCC(c2ccc3[nH]c(-c4ccccc4OC(F)(F)F)c(C)c3c2)CC1. The first-order chi connectivity index (χ1) is 15.4. The molecule has 0 atom stereocenters. The van der Waals surface area contributed by atoms with Crippen LogP contribution in [0.5, 0.6) is 5.75 Å². The van der Waals surface area contributed by atoms with Crippen LogP contribution in [-0.4, -0.2) is 37.5 Å². The van der Waals surface area contributed by atoms with Gasteiger partial charge < -0.3 is 20.4 Å². The predicted molar refractivity (Wildman–Crippen MR) is 122 cm³/mol. The van der Waals surface area contributed by atoms with Gasteiger partial charge in [-0.2, -0.15) is 0 Å². The Morgan fingerprint density at radius 1 is 1.03 bits per heavy atom. The van der Waals surface area contributed by atoms with Crippen LogP contribution in [0.15, 0.2) is 42.5 Å². The Labute approximate surface area is 186 Å². The Morgan fingerprint density at radius 3 is 2.50 bits per heavy atom. The van der Waals surface area contributed by atoms with Crippen molar-refractivity contribution in [3.05, 3.63) is 53.6 Å². The zero-order chi connectivity index (χ0) is 22.7. The summed E-state index contributed by atoms with van der Waals surface area (Å²) in [6.45, 7) is 3.91. The number of ether oxygens (including phenoxy) is 1. The van der Waals surface area contributed by atoms with Crippen LogP contribution >= 0.6 is 0 Å². The van der Waals surface area contributed by atoms with Crippen LogP contribution in [0.3, 0.4) is 0 Å². The molecule has 1 saturated carbocycles. The van der Waals surface area contributed by atoms with E-state index < -0.39 is 6.36 Å². The molecule has 0 aliphatic heterocycles. The Balaban J connectivity index is 1.56. The topological polar surface area (TPSA) is 49.1 Å². The molecule has 1 fully saturated rings. The Morgan fingerprint density at radius 2 is 1.78 bits per heavy atom. The number of hydrogen-bond acceptors (Lipinski definition) is 3. The van der Waals surface area contributed by atoms with Gasteiger partial charge in [0.15, 0.2) is 0 Å². The standard InChI is InChI=1S/C25H30F3N3O/c1-16-21-15-18(17-7-10-19(11-8-17)30-14-13-29-2)9-12-22(21)31-24(16)20-5-3-4-6-23(20)32-25(26,27)28/h3-6,9,12,15,17,19,29-31H,7-8,10-11,13-14H2,1-2H3. The van der Waals surface area contributed by atoms with E-state index in [9.17, 15) is 13.2 Å². The highest BCUT2D eigenvalue weighted by Gasteiger charge is 2.32. The maximum Gasteiger partial charge on any atom is 0.573 e. The molecule has 3 aromatic rings. The summed E-state index contributed by atoms with van der Waals surface area (Å²) in [5.74, 6) is 0.319. The molecule has 0 saturated heterocycles. The second-order valence-corrected chi connectivity index (χ2v) is 8.58. The first-order valence-corrected chi connectivity index (χ1v) is 11.2. The van der Waals surface area contributed by atoms with E-state index in [1.54, 1.807) is 18.2 Å². The lowest BCUT2D eigenvalue weighted by molar-refractivity contribution is -0.274. The summed E-state index contributed by atoms with van der Waals surface area (Å²) in [4.78, 5) is 3.31. The zero-order valence-electron chi connectivity index (χ0n) is 18.5. The van der Waals surface area contributed by atoms with Gasteiger partial charge in [0.2, 0.25) is 0 Å². The fourth-order valence-corrected chi connectivity index (χ4v) is 4.79. The van der Waals surface area contributed by atoms with E-state index in [1.807, 2.05) is 20.0 Å². The van der Waals surface area contributed by atoms with Gasteiger partial charge in [-0.25, -0.2) is 0 Å². The number of halogens is 3. The molecular weight excluding hydrogens is 415 g/mol. The molecule has 0 amide bonds. The zero-order valence-corrected chi connectivity index (χ0v) is 18.5. The van der Waals surface area contributed by atoms with E-state index in [0.717, 1.165) is 55.2 Å². The van der Waals surface area contributed by atoms with E-state index in [-0.39, 0.29) is 5.75 Å². The molecule has 4 nitrogen and oxygen atoms in total. The van der Waals surface area contributed by atoms with Crippen LogP contribution < -0.4 is 15.4 Å². The maximum absolute atomic E-state index is 12.9. The van der Waals surface area contributed by atoms with Crippen molar-refractivity contribution in [2.24, 2.45) is 0 Å². The fraction of sp³-hybridized carbons (Fsp3) is 0.440. The number of H-pyrrole nitrogens is 1. The summed E-state index contributed by atoms with van der Waals surface area (Å²) in [5, 5.41) is 7.83. The largest absolute Gasteiger partial charge is 0.573 e. The first kappa shape index (κ1) is 22.7. The molecule has 0 spiro atoms. The van der Waals surface area contributed by atoms with Crippen LogP contribution in [-0.2, 0) is 0 Å². The molecule has 0 unspecified atom stereocenters. The Kier molecular flexibility index (Phi) is 6.76. The van der Waals surface area contributed by atoms with Crippen LogP contribution in [0.2, 0.25) is 0 Å². The van der Waals surface area contributed by atoms with Crippen molar-refractivity contribution < 1.29 is 17.9 Å². The van der Waals surface area contributed by atoms with Gasteiger partial charge in [0.05, 0.1) is 5.69 Å². The molecule has 3 N–H and O–H groups in total. The second-order valence-electron chi connectivity index (χ2n) is 8.58. The number of aryl methyl sites for hydroxylation is 1. The van der Waals surface area contributed by atoms with E-state index in [4.69, 9.17) is 0 Å². The van der Waals surface area contributed by atoms with E-state index in [1.165, 1.54) is 11.6 Å². The van der Waals surface area contributed by atoms with Gasteiger partial charge in [-0.1, -0.05) is 18.2 Å². The fourth-order valence-electron chi connectivity index (χ4n) is 4.79. The Bertz CT molecular complexity index is 1050.